The Labute approximate surface area is 103 Å². The van der Waals surface area contributed by atoms with Gasteiger partial charge in [-0.05, 0) is 19.8 Å². The number of hydrogen-bond acceptors (Lipinski definition) is 4. The summed E-state index contributed by atoms with van der Waals surface area (Å²) in [6.07, 6.45) is 2.32. The summed E-state index contributed by atoms with van der Waals surface area (Å²) in [7, 11) is 1.71. The van der Waals surface area contributed by atoms with E-state index in [2.05, 4.69) is 37.8 Å². The van der Waals surface area contributed by atoms with Crippen LogP contribution in [0.25, 0.3) is 0 Å². The molecule has 5 nitrogen and oxygen atoms in total. The molecule has 1 aromatic heterocycles. The Morgan fingerprint density at radius 1 is 1.35 bits per heavy atom. The van der Waals surface area contributed by atoms with E-state index in [-0.39, 0.29) is 12.1 Å². The maximum absolute atomic E-state index is 6.18. The number of ether oxygens (including phenoxy) is 1. The number of hydrogen-bond donors (Lipinski definition) is 1. The predicted molar refractivity (Wildman–Crippen MR) is 67.7 cm³/mol. The molecule has 0 bridgehead atoms. The Bertz CT molecular complexity index is 335. The summed E-state index contributed by atoms with van der Waals surface area (Å²) in [6, 6.07) is 0.251. The lowest BCUT2D eigenvalue weighted by molar-refractivity contribution is 0.0433. The Morgan fingerprint density at radius 3 is 2.47 bits per heavy atom. The van der Waals surface area contributed by atoms with Crippen molar-refractivity contribution in [3.63, 3.8) is 0 Å². The molecule has 2 atom stereocenters. The smallest absolute Gasteiger partial charge is 0.138 e. The van der Waals surface area contributed by atoms with Crippen molar-refractivity contribution in [3.05, 3.63) is 12.2 Å². The van der Waals surface area contributed by atoms with E-state index in [1.807, 2.05) is 4.68 Å². The van der Waals surface area contributed by atoms with E-state index in [0.717, 1.165) is 5.82 Å². The van der Waals surface area contributed by atoms with E-state index in [4.69, 9.17) is 10.5 Å². The molecule has 17 heavy (non-hydrogen) atoms. The van der Waals surface area contributed by atoms with Gasteiger partial charge in [-0.1, -0.05) is 13.8 Å². The standard InChI is InChI=1S/C12H24N4O/c1-8(2)12(17-5)10(13)6-11-14-7-15-16(11)9(3)4/h7-10,12H,6,13H2,1-5H3. The van der Waals surface area contributed by atoms with Crippen molar-refractivity contribution >= 4 is 0 Å². The van der Waals surface area contributed by atoms with Gasteiger partial charge >= 0.3 is 0 Å². The molecule has 0 saturated carbocycles. The fourth-order valence-electron chi connectivity index (χ4n) is 2.12. The van der Waals surface area contributed by atoms with Crippen LogP contribution in [-0.4, -0.2) is 34.0 Å². The van der Waals surface area contributed by atoms with Gasteiger partial charge in [0.05, 0.1) is 6.10 Å². The van der Waals surface area contributed by atoms with Crippen molar-refractivity contribution in [3.8, 4) is 0 Å². The number of rotatable bonds is 6. The topological polar surface area (TPSA) is 66.0 Å². The van der Waals surface area contributed by atoms with Crippen molar-refractivity contribution in [2.45, 2.75) is 52.3 Å². The molecule has 1 heterocycles. The van der Waals surface area contributed by atoms with Crippen molar-refractivity contribution in [1.29, 1.82) is 0 Å². The first-order chi connectivity index (χ1) is 7.97. The molecule has 1 rings (SSSR count). The van der Waals surface area contributed by atoms with Crippen molar-refractivity contribution in [2.75, 3.05) is 7.11 Å². The van der Waals surface area contributed by atoms with Gasteiger partial charge < -0.3 is 10.5 Å². The largest absolute Gasteiger partial charge is 0.380 e. The summed E-state index contributed by atoms with van der Waals surface area (Å²) in [4.78, 5) is 4.27. The Balaban J connectivity index is 2.73. The summed E-state index contributed by atoms with van der Waals surface area (Å²) in [5.74, 6) is 1.32. The van der Waals surface area contributed by atoms with Crippen molar-refractivity contribution in [1.82, 2.24) is 14.8 Å². The maximum Gasteiger partial charge on any atom is 0.138 e. The zero-order valence-electron chi connectivity index (χ0n) is 11.4. The second-order valence-corrected chi connectivity index (χ2v) is 5.03. The molecule has 0 amide bonds. The van der Waals surface area contributed by atoms with Crippen LogP contribution in [0, 0.1) is 5.92 Å². The summed E-state index contributed by atoms with van der Waals surface area (Å²) in [5, 5.41) is 4.21. The van der Waals surface area contributed by atoms with E-state index in [1.165, 1.54) is 0 Å². The maximum atomic E-state index is 6.18. The lowest BCUT2D eigenvalue weighted by Crippen LogP contribution is -2.42. The molecule has 0 aliphatic heterocycles. The van der Waals surface area contributed by atoms with Gasteiger partial charge in [-0.3, -0.25) is 0 Å². The van der Waals surface area contributed by atoms with E-state index >= 15 is 0 Å². The van der Waals surface area contributed by atoms with E-state index in [1.54, 1.807) is 13.4 Å². The molecule has 0 aliphatic carbocycles. The van der Waals surface area contributed by atoms with Gasteiger partial charge in [0.1, 0.15) is 12.2 Å². The molecule has 5 heteroatoms. The minimum Gasteiger partial charge on any atom is -0.380 e. The average Bonchev–Trinajstić information content (AvgIpc) is 2.66. The molecular formula is C12H24N4O. The minimum atomic E-state index is -0.0540. The zero-order valence-corrected chi connectivity index (χ0v) is 11.4. The summed E-state index contributed by atoms with van der Waals surface area (Å²) < 4.78 is 7.35. The number of methoxy groups -OCH3 is 1. The highest BCUT2D eigenvalue weighted by Gasteiger charge is 2.23. The van der Waals surface area contributed by atoms with Crippen LogP contribution < -0.4 is 5.73 Å². The third kappa shape index (κ3) is 3.51. The van der Waals surface area contributed by atoms with Crippen LogP contribution in [0.2, 0.25) is 0 Å². The van der Waals surface area contributed by atoms with Gasteiger partial charge in [-0.2, -0.15) is 5.10 Å². The lowest BCUT2D eigenvalue weighted by atomic mass is 9.97. The fraction of sp³-hybridized carbons (Fsp3) is 0.833. The first kappa shape index (κ1) is 14.1. The first-order valence-corrected chi connectivity index (χ1v) is 6.14. The number of nitrogens with zero attached hydrogens (tertiary/aromatic N) is 3. The summed E-state index contributed by atoms with van der Waals surface area (Å²) >= 11 is 0. The molecule has 0 spiro atoms. The van der Waals surface area contributed by atoms with E-state index in [9.17, 15) is 0 Å². The van der Waals surface area contributed by atoms with Crippen molar-refractivity contribution in [2.24, 2.45) is 11.7 Å². The van der Waals surface area contributed by atoms with Crippen LogP contribution in [0.5, 0.6) is 0 Å². The van der Waals surface area contributed by atoms with Crippen LogP contribution >= 0.6 is 0 Å². The molecule has 0 fully saturated rings. The first-order valence-electron chi connectivity index (χ1n) is 6.14. The predicted octanol–water partition coefficient (Wildman–Crippen LogP) is 1.40. The zero-order chi connectivity index (χ0) is 13.0. The van der Waals surface area contributed by atoms with Crippen LogP contribution in [0.15, 0.2) is 6.33 Å². The second-order valence-electron chi connectivity index (χ2n) is 5.03. The Kier molecular flexibility index (Phi) is 5.08. The van der Waals surface area contributed by atoms with Crippen LogP contribution in [0.1, 0.15) is 39.6 Å². The number of aromatic nitrogens is 3. The van der Waals surface area contributed by atoms with Gasteiger partial charge in [0, 0.05) is 25.6 Å². The van der Waals surface area contributed by atoms with Crippen LogP contribution in [-0.2, 0) is 11.2 Å². The quantitative estimate of drug-likeness (QED) is 0.816. The van der Waals surface area contributed by atoms with Gasteiger partial charge in [0.15, 0.2) is 0 Å². The molecule has 2 N–H and O–H groups in total. The molecular weight excluding hydrogens is 216 g/mol. The van der Waals surface area contributed by atoms with Gasteiger partial charge in [-0.15, -0.1) is 0 Å². The highest BCUT2D eigenvalue weighted by Crippen LogP contribution is 2.14. The normalized spacial score (nSPS) is 15.5. The molecule has 0 saturated heterocycles. The third-order valence-electron chi connectivity index (χ3n) is 2.91. The molecule has 0 aromatic carbocycles. The molecule has 0 radical (unpaired) electrons. The third-order valence-corrected chi connectivity index (χ3v) is 2.91. The minimum absolute atomic E-state index is 0.0484. The molecule has 98 valence electrons. The highest BCUT2D eigenvalue weighted by atomic mass is 16.5. The molecule has 2 unspecified atom stereocenters. The summed E-state index contributed by atoms with van der Waals surface area (Å²) in [5.41, 5.74) is 6.18. The second kappa shape index (κ2) is 6.12. The van der Waals surface area contributed by atoms with Crippen LogP contribution in [0.4, 0.5) is 0 Å². The van der Waals surface area contributed by atoms with Crippen LogP contribution in [0.3, 0.4) is 0 Å². The van der Waals surface area contributed by atoms with E-state index < -0.39 is 0 Å². The van der Waals surface area contributed by atoms with Gasteiger partial charge in [-0.25, -0.2) is 9.67 Å². The lowest BCUT2D eigenvalue weighted by Gasteiger charge is -2.25. The highest BCUT2D eigenvalue weighted by molar-refractivity contribution is 4.93. The van der Waals surface area contributed by atoms with Crippen molar-refractivity contribution < 1.29 is 4.74 Å². The van der Waals surface area contributed by atoms with Gasteiger partial charge in [0.25, 0.3) is 0 Å². The monoisotopic (exact) mass is 240 g/mol. The molecule has 1 aromatic rings. The Morgan fingerprint density at radius 2 is 2.00 bits per heavy atom. The average molecular weight is 240 g/mol. The van der Waals surface area contributed by atoms with E-state index in [0.29, 0.717) is 18.4 Å². The number of nitrogens with two attached hydrogens (primary N) is 1. The Hall–Kier alpha value is -0.940. The molecule has 0 aliphatic rings. The van der Waals surface area contributed by atoms with Gasteiger partial charge in [0.2, 0.25) is 0 Å². The fourth-order valence-corrected chi connectivity index (χ4v) is 2.12. The SMILES string of the molecule is COC(C(C)C)C(N)Cc1ncnn1C(C)C. The summed E-state index contributed by atoms with van der Waals surface area (Å²) in [6.45, 7) is 8.39.